The van der Waals surface area contributed by atoms with E-state index < -0.39 is 0 Å². The third-order valence-corrected chi connectivity index (χ3v) is 5.30. The van der Waals surface area contributed by atoms with Gasteiger partial charge in [0.05, 0.1) is 19.8 Å². The molecule has 0 amide bonds. The highest BCUT2D eigenvalue weighted by Crippen LogP contribution is 2.32. The highest BCUT2D eigenvalue weighted by molar-refractivity contribution is 14.0. The lowest BCUT2D eigenvalue weighted by atomic mass is 10.2. The van der Waals surface area contributed by atoms with Crippen LogP contribution in [0.25, 0.3) is 0 Å². The molecule has 0 saturated heterocycles. The van der Waals surface area contributed by atoms with Gasteiger partial charge in [-0.15, -0.1) is 24.0 Å². The van der Waals surface area contributed by atoms with E-state index in [4.69, 9.17) is 9.47 Å². The van der Waals surface area contributed by atoms with Gasteiger partial charge in [-0.1, -0.05) is 6.07 Å². The maximum Gasteiger partial charge on any atom is 0.194 e. The van der Waals surface area contributed by atoms with E-state index in [2.05, 4.69) is 57.3 Å². The van der Waals surface area contributed by atoms with Crippen LogP contribution in [0.15, 0.2) is 41.5 Å². The van der Waals surface area contributed by atoms with Crippen molar-refractivity contribution in [3.8, 4) is 11.5 Å². The van der Waals surface area contributed by atoms with E-state index in [1.165, 1.54) is 18.5 Å². The lowest BCUT2D eigenvalue weighted by molar-refractivity contribution is 0.200. The molecule has 0 bridgehead atoms. The molecular formula is C22H33IN4O2. The van der Waals surface area contributed by atoms with Crippen LogP contribution in [0, 0.1) is 0 Å². The van der Waals surface area contributed by atoms with Crippen molar-refractivity contribution in [3.05, 3.63) is 47.8 Å². The van der Waals surface area contributed by atoms with Gasteiger partial charge in [0.25, 0.3) is 0 Å². The Kier molecular flexibility index (Phi) is 9.13. The van der Waals surface area contributed by atoms with Crippen LogP contribution in [-0.2, 0) is 20.1 Å². The van der Waals surface area contributed by atoms with Crippen LogP contribution in [0.1, 0.15) is 36.9 Å². The van der Waals surface area contributed by atoms with Crippen LogP contribution < -0.4 is 14.8 Å². The van der Waals surface area contributed by atoms with Gasteiger partial charge in [0.15, 0.2) is 17.5 Å². The number of hydrogen-bond acceptors (Lipinski definition) is 3. The van der Waals surface area contributed by atoms with Crippen molar-refractivity contribution in [1.29, 1.82) is 0 Å². The quantitative estimate of drug-likeness (QED) is 0.344. The van der Waals surface area contributed by atoms with Gasteiger partial charge in [0.1, 0.15) is 0 Å². The molecule has 2 aromatic rings. The van der Waals surface area contributed by atoms with Crippen LogP contribution in [0.4, 0.5) is 0 Å². The van der Waals surface area contributed by atoms with Gasteiger partial charge < -0.3 is 24.3 Å². The standard InChI is InChI=1S/C22H32N4O2.HI/c1-23-22(26(3)16-18-8-7-13-25(18)2)24-15-17-11-12-20(27-4)21(14-17)28-19-9-5-6-10-19;/h7-8,11-14,19H,5-6,9-10,15-16H2,1-4H3,(H,23,24);1H. The Morgan fingerprint density at radius 1 is 1.24 bits per heavy atom. The zero-order valence-corrected chi connectivity index (χ0v) is 20.2. The maximum atomic E-state index is 6.21. The third-order valence-electron chi connectivity index (χ3n) is 5.30. The van der Waals surface area contributed by atoms with Crippen molar-refractivity contribution < 1.29 is 9.47 Å². The summed E-state index contributed by atoms with van der Waals surface area (Å²) in [6.45, 7) is 1.47. The Bertz CT molecular complexity index is 800. The first-order valence-corrected chi connectivity index (χ1v) is 9.96. The van der Waals surface area contributed by atoms with Gasteiger partial charge in [0.2, 0.25) is 0 Å². The first kappa shape index (κ1) is 23.4. The van der Waals surface area contributed by atoms with E-state index in [1.807, 2.05) is 20.2 Å². The summed E-state index contributed by atoms with van der Waals surface area (Å²) in [5.74, 6) is 2.48. The van der Waals surface area contributed by atoms with Crippen LogP contribution in [-0.4, -0.2) is 42.7 Å². The Morgan fingerprint density at radius 3 is 2.62 bits per heavy atom. The molecule has 29 heavy (non-hydrogen) atoms. The number of halogens is 1. The number of ether oxygens (including phenoxy) is 2. The first-order chi connectivity index (χ1) is 13.6. The van der Waals surface area contributed by atoms with Gasteiger partial charge in [-0.3, -0.25) is 4.99 Å². The summed E-state index contributed by atoms with van der Waals surface area (Å²) < 4.78 is 13.8. The first-order valence-electron chi connectivity index (χ1n) is 9.96. The van der Waals surface area contributed by atoms with Gasteiger partial charge in [-0.2, -0.15) is 0 Å². The summed E-state index contributed by atoms with van der Waals surface area (Å²) in [5, 5.41) is 3.45. The van der Waals surface area contributed by atoms with Crippen molar-refractivity contribution in [1.82, 2.24) is 14.8 Å². The van der Waals surface area contributed by atoms with Crippen molar-refractivity contribution >= 4 is 29.9 Å². The van der Waals surface area contributed by atoms with Crippen LogP contribution in [0.5, 0.6) is 11.5 Å². The van der Waals surface area contributed by atoms with Gasteiger partial charge >= 0.3 is 0 Å². The largest absolute Gasteiger partial charge is 0.493 e. The number of nitrogens with one attached hydrogen (secondary N) is 1. The predicted molar refractivity (Wildman–Crippen MR) is 128 cm³/mol. The van der Waals surface area contributed by atoms with Crippen LogP contribution in [0.2, 0.25) is 0 Å². The Balaban J connectivity index is 0.00000300. The second kappa shape index (κ2) is 11.3. The SMILES string of the molecule is CN=C(NCc1ccc(OC)c(OC2CCCC2)c1)N(C)Cc1cccn1C.I. The average Bonchev–Trinajstić information content (AvgIpc) is 3.35. The summed E-state index contributed by atoms with van der Waals surface area (Å²) in [4.78, 5) is 6.54. The molecule has 1 aliphatic carbocycles. The smallest absolute Gasteiger partial charge is 0.194 e. The number of methoxy groups -OCH3 is 1. The maximum absolute atomic E-state index is 6.21. The van der Waals surface area contributed by atoms with Crippen molar-refractivity contribution in [3.63, 3.8) is 0 Å². The molecule has 0 aliphatic heterocycles. The zero-order chi connectivity index (χ0) is 19.9. The minimum atomic E-state index is 0. The normalized spacial score (nSPS) is 14.4. The minimum Gasteiger partial charge on any atom is -0.493 e. The molecule has 0 unspecified atom stereocenters. The molecule has 1 N–H and O–H groups in total. The highest BCUT2D eigenvalue weighted by atomic mass is 127. The van der Waals surface area contributed by atoms with E-state index >= 15 is 0 Å². The molecule has 0 radical (unpaired) electrons. The number of benzene rings is 1. The lowest BCUT2D eigenvalue weighted by Crippen LogP contribution is -2.38. The average molecular weight is 512 g/mol. The topological polar surface area (TPSA) is 51.0 Å². The van der Waals surface area contributed by atoms with Crippen LogP contribution >= 0.6 is 24.0 Å². The fraction of sp³-hybridized carbons (Fsp3) is 0.500. The number of aromatic nitrogens is 1. The summed E-state index contributed by atoms with van der Waals surface area (Å²) in [6, 6.07) is 10.3. The van der Waals surface area contributed by atoms with E-state index in [0.717, 1.165) is 42.4 Å². The molecule has 6 nitrogen and oxygen atoms in total. The fourth-order valence-electron chi connectivity index (χ4n) is 3.65. The number of guanidine groups is 1. The molecule has 3 rings (SSSR count). The molecule has 0 spiro atoms. The third kappa shape index (κ3) is 6.29. The lowest BCUT2D eigenvalue weighted by Gasteiger charge is -2.23. The molecule has 1 fully saturated rings. The Labute approximate surface area is 191 Å². The van der Waals surface area contributed by atoms with E-state index in [-0.39, 0.29) is 24.0 Å². The summed E-state index contributed by atoms with van der Waals surface area (Å²) in [7, 11) is 7.61. The number of nitrogens with zero attached hydrogens (tertiary/aromatic N) is 3. The highest BCUT2D eigenvalue weighted by Gasteiger charge is 2.18. The zero-order valence-electron chi connectivity index (χ0n) is 17.9. The second-order valence-corrected chi connectivity index (χ2v) is 7.38. The summed E-state index contributed by atoms with van der Waals surface area (Å²) in [5.41, 5.74) is 2.38. The molecule has 1 aromatic carbocycles. The van der Waals surface area contributed by atoms with E-state index in [0.29, 0.717) is 12.6 Å². The Hall–Kier alpha value is -1.90. The van der Waals surface area contributed by atoms with E-state index in [9.17, 15) is 0 Å². The van der Waals surface area contributed by atoms with Crippen molar-refractivity contribution in [2.75, 3.05) is 21.2 Å². The molecule has 1 aliphatic rings. The minimum absolute atomic E-state index is 0. The molecule has 1 saturated carbocycles. The summed E-state index contributed by atoms with van der Waals surface area (Å²) in [6.07, 6.45) is 7.12. The number of hydrogen-bond donors (Lipinski definition) is 1. The Morgan fingerprint density at radius 2 is 2.00 bits per heavy atom. The molecule has 0 atom stereocenters. The molecule has 160 valence electrons. The monoisotopic (exact) mass is 512 g/mol. The van der Waals surface area contributed by atoms with Crippen LogP contribution in [0.3, 0.4) is 0 Å². The van der Waals surface area contributed by atoms with Gasteiger partial charge in [-0.25, -0.2) is 0 Å². The second-order valence-electron chi connectivity index (χ2n) is 7.38. The van der Waals surface area contributed by atoms with Gasteiger partial charge in [-0.05, 0) is 55.5 Å². The van der Waals surface area contributed by atoms with Gasteiger partial charge in [0, 0.05) is 39.6 Å². The van der Waals surface area contributed by atoms with Crippen molar-refractivity contribution in [2.45, 2.75) is 44.9 Å². The predicted octanol–water partition coefficient (Wildman–Crippen LogP) is 4.18. The molecule has 7 heteroatoms. The molecule has 1 heterocycles. The fourth-order valence-corrected chi connectivity index (χ4v) is 3.65. The number of rotatable bonds is 7. The molecular weight excluding hydrogens is 479 g/mol. The van der Waals surface area contributed by atoms with E-state index in [1.54, 1.807) is 7.11 Å². The van der Waals surface area contributed by atoms with Crippen molar-refractivity contribution in [2.24, 2.45) is 12.0 Å². The number of aliphatic imine (C=N–C) groups is 1. The number of aryl methyl sites for hydroxylation is 1. The molecule has 1 aromatic heterocycles. The summed E-state index contributed by atoms with van der Waals surface area (Å²) >= 11 is 0.